The van der Waals surface area contributed by atoms with Crippen LogP contribution in [0.2, 0.25) is 0 Å². The summed E-state index contributed by atoms with van der Waals surface area (Å²) in [6, 6.07) is 9.30. The molecule has 0 radical (unpaired) electrons. The molecule has 2 rings (SSSR count). The van der Waals surface area contributed by atoms with E-state index in [9.17, 15) is 4.79 Å². The van der Waals surface area contributed by atoms with Crippen molar-refractivity contribution in [2.45, 2.75) is 13.3 Å². The highest BCUT2D eigenvalue weighted by atomic mass is 32.1. The molecule has 1 aromatic carbocycles. The first-order chi connectivity index (χ1) is 13.2. The number of methoxy groups -OCH3 is 1. The SMILES string of the molecule is CCOc1cc(NC(=NC)NCCCNC(=O)c2cccs2)ccc1OC. The minimum Gasteiger partial charge on any atom is -0.493 e. The number of anilines is 1. The highest BCUT2D eigenvalue weighted by Gasteiger charge is 2.07. The first kappa shape index (κ1) is 20.6. The standard InChI is InChI=1S/C19H26N4O3S/c1-4-26-16-13-14(8-9-15(16)25-3)23-19(20-2)22-11-6-10-21-18(24)17-7-5-12-27-17/h5,7-9,12-13H,4,6,10-11H2,1-3H3,(H,21,24)(H2,20,22,23). The number of rotatable bonds is 9. The van der Waals surface area contributed by atoms with E-state index >= 15 is 0 Å². The largest absolute Gasteiger partial charge is 0.493 e. The molecule has 0 bridgehead atoms. The van der Waals surface area contributed by atoms with Crippen molar-refractivity contribution in [2.75, 3.05) is 39.2 Å². The number of aliphatic imine (C=N–C) groups is 1. The second-order valence-corrected chi connectivity index (χ2v) is 6.46. The van der Waals surface area contributed by atoms with Gasteiger partial charge in [-0.15, -0.1) is 11.3 Å². The molecule has 1 amide bonds. The molecular weight excluding hydrogens is 364 g/mol. The van der Waals surface area contributed by atoms with E-state index < -0.39 is 0 Å². The van der Waals surface area contributed by atoms with Crippen LogP contribution in [0.4, 0.5) is 5.69 Å². The summed E-state index contributed by atoms with van der Waals surface area (Å²) in [5.41, 5.74) is 0.846. The molecule has 3 N–H and O–H groups in total. The summed E-state index contributed by atoms with van der Waals surface area (Å²) >= 11 is 1.44. The van der Waals surface area contributed by atoms with Gasteiger partial charge in [0.25, 0.3) is 5.91 Å². The van der Waals surface area contributed by atoms with Crippen molar-refractivity contribution in [2.24, 2.45) is 4.99 Å². The van der Waals surface area contributed by atoms with Crippen LogP contribution >= 0.6 is 11.3 Å². The highest BCUT2D eigenvalue weighted by molar-refractivity contribution is 7.12. The van der Waals surface area contributed by atoms with Crippen LogP contribution in [0, 0.1) is 0 Å². The smallest absolute Gasteiger partial charge is 0.261 e. The third-order valence-electron chi connectivity index (χ3n) is 3.63. The van der Waals surface area contributed by atoms with Gasteiger partial charge < -0.3 is 25.4 Å². The fourth-order valence-electron chi connectivity index (χ4n) is 2.33. The Kier molecular flexibility index (Phi) is 8.44. The lowest BCUT2D eigenvalue weighted by molar-refractivity contribution is 0.0957. The number of ether oxygens (including phenoxy) is 2. The maximum absolute atomic E-state index is 11.9. The number of hydrogen-bond donors (Lipinski definition) is 3. The topological polar surface area (TPSA) is 84.0 Å². The number of guanidine groups is 1. The van der Waals surface area contributed by atoms with Gasteiger partial charge in [-0.1, -0.05) is 6.07 Å². The molecule has 146 valence electrons. The molecule has 8 heteroatoms. The average Bonchev–Trinajstić information content (AvgIpc) is 3.22. The molecule has 27 heavy (non-hydrogen) atoms. The highest BCUT2D eigenvalue weighted by Crippen LogP contribution is 2.30. The van der Waals surface area contributed by atoms with Crippen LogP contribution in [0.3, 0.4) is 0 Å². The van der Waals surface area contributed by atoms with Gasteiger partial charge in [0, 0.05) is 31.9 Å². The molecule has 0 saturated carbocycles. The predicted molar refractivity (Wildman–Crippen MR) is 110 cm³/mol. The quantitative estimate of drug-likeness (QED) is 0.348. The van der Waals surface area contributed by atoms with Gasteiger partial charge in [-0.25, -0.2) is 0 Å². The number of carbonyl (C=O) groups excluding carboxylic acids is 1. The van der Waals surface area contributed by atoms with Crippen molar-refractivity contribution in [1.29, 1.82) is 0 Å². The third-order valence-corrected chi connectivity index (χ3v) is 4.49. The lowest BCUT2D eigenvalue weighted by Gasteiger charge is -2.14. The number of nitrogens with one attached hydrogen (secondary N) is 3. The molecular formula is C19H26N4O3S. The van der Waals surface area contributed by atoms with Crippen molar-refractivity contribution in [1.82, 2.24) is 10.6 Å². The van der Waals surface area contributed by atoms with Crippen molar-refractivity contribution in [3.05, 3.63) is 40.6 Å². The Morgan fingerprint density at radius 3 is 2.67 bits per heavy atom. The van der Waals surface area contributed by atoms with Gasteiger partial charge in [0.1, 0.15) is 0 Å². The van der Waals surface area contributed by atoms with E-state index in [2.05, 4.69) is 20.9 Å². The molecule has 0 saturated heterocycles. The molecule has 0 aliphatic rings. The zero-order valence-corrected chi connectivity index (χ0v) is 16.7. The van der Waals surface area contributed by atoms with Gasteiger partial charge in [-0.05, 0) is 36.9 Å². The number of thiophene rings is 1. The van der Waals surface area contributed by atoms with Gasteiger partial charge >= 0.3 is 0 Å². The molecule has 1 aromatic heterocycles. The van der Waals surface area contributed by atoms with E-state index in [1.165, 1.54) is 11.3 Å². The molecule has 7 nitrogen and oxygen atoms in total. The molecule has 0 aliphatic carbocycles. The first-order valence-corrected chi connectivity index (χ1v) is 9.66. The summed E-state index contributed by atoms with van der Waals surface area (Å²) in [6.45, 7) is 3.76. The number of nitrogens with zero attached hydrogens (tertiary/aromatic N) is 1. The van der Waals surface area contributed by atoms with Gasteiger partial charge in [-0.3, -0.25) is 9.79 Å². The molecule has 0 atom stereocenters. The number of amides is 1. The van der Waals surface area contributed by atoms with Gasteiger partial charge in [0.15, 0.2) is 17.5 Å². The van der Waals surface area contributed by atoms with E-state index in [1.54, 1.807) is 14.2 Å². The summed E-state index contributed by atoms with van der Waals surface area (Å²) in [5, 5.41) is 11.2. The van der Waals surface area contributed by atoms with Crippen LogP contribution in [0.1, 0.15) is 23.0 Å². The fraction of sp³-hybridized carbons (Fsp3) is 0.368. The zero-order valence-electron chi connectivity index (χ0n) is 15.9. The second-order valence-electron chi connectivity index (χ2n) is 5.51. The molecule has 0 fully saturated rings. The Labute approximate surface area is 163 Å². The van der Waals surface area contributed by atoms with E-state index in [0.29, 0.717) is 37.2 Å². The minimum atomic E-state index is -0.0332. The number of benzene rings is 1. The minimum absolute atomic E-state index is 0.0332. The van der Waals surface area contributed by atoms with Crippen LogP contribution in [0.25, 0.3) is 0 Å². The average molecular weight is 391 g/mol. The van der Waals surface area contributed by atoms with E-state index in [1.807, 2.05) is 42.6 Å². The molecule has 0 spiro atoms. The van der Waals surface area contributed by atoms with Crippen LogP contribution in [-0.4, -0.2) is 45.7 Å². The Morgan fingerprint density at radius 1 is 1.19 bits per heavy atom. The van der Waals surface area contributed by atoms with E-state index in [4.69, 9.17) is 9.47 Å². The lowest BCUT2D eigenvalue weighted by Crippen LogP contribution is -2.33. The van der Waals surface area contributed by atoms with Gasteiger partial charge in [-0.2, -0.15) is 0 Å². The van der Waals surface area contributed by atoms with Crippen LogP contribution in [-0.2, 0) is 0 Å². The van der Waals surface area contributed by atoms with Crippen molar-refractivity contribution in [3.63, 3.8) is 0 Å². The van der Waals surface area contributed by atoms with Gasteiger partial charge in [0.05, 0.1) is 18.6 Å². The van der Waals surface area contributed by atoms with Crippen molar-refractivity contribution in [3.8, 4) is 11.5 Å². The maximum Gasteiger partial charge on any atom is 0.261 e. The van der Waals surface area contributed by atoms with Crippen LogP contribution in [0.5, 0.6) is 11.5 Å². The Balaban J connectivity index is 1.77. The Hall–Kier alpha value is -2.74. The fourth-order valence-corrected chi connectivity index (χ4v) is 2.97. The van der Waals surface area contributed by atoms with E-state index in [-0.39, 0.29) is 5.91 Å². The summed E-state index contributed by atoms with van der Waals surface area (Å²) < 4.78 is 10.9. The number of hydrogen-bond acceptors (Lipinski definition) is 5. The zero-order chi connectivity index (χ0) is 19.5. The third kappa shape index (κ3) is 6.49. The number of carbonyl (C=O) groups is 1. The Morgan fingerprint density at radius 2 is 2.00 bits per heavy atom. The summed E-state index contributed by atoms with van der Waals surface area (Å²) in [5.74, 6) is 1.98. The summed E-state index contributed by atoms with van der Waals surface area (Å²) in [4.78, 5) is 16.8. The molecule has 0 unspecified atom stereocenters. The first-order valence-electron chi connectivity index (χ1n) is 8.78. The van der Waals surface area contributed by atoms with Gasteiger partial charge in [0.2, 0.25) is 0 Å². The predicted octanol–water partition coefficient (Wildman–Crippen LogP) is 2.96. The summed E-state index contributed by atoms with van der Waals surface area (Å²) in [6.07, 6.45) is 0.782. The van der Waals surface area contributed by atoms with Crippen LogP contribution in [0.15, 0.2) is 40.7 Å². The Bertz CT molecular complexity index is 747. The maximum atomic E-state index is 11.9. The monoisotopic (exact) mass is 390 g/mol. The second kappa shape index (κ2) is 11.1. The molecule has 0 aliphatic heterocycles. The van der Waals surface area contributed by atoms with E-state index in [0.717, 1.165) is 17.0 Å². The van der Waals surface area contributed by atoms with Crippen molar-refractivity contribution < 1.29 is 14.3 Å². The van der Waals surface area contributed by atoms with Crippen molar-refractivity contribution >= 4 is 28.9 Å². The normalized spacial score (nSPS) is 11.0. The van der Waals surface area contributed by atoms with Crippen LogP contribution < -0.4 is 25.4 Å². The molecule has 2 aromatic rings. The molecule has 1 heterocycles. The lowest BCUT2D eigenvalue weighted by atomic mass is 10.2. The summed E-state index contributed by atoms with van der Waals surface area (Å²) in [7, 11) is 3.32.